The van der Waals surface area contributed by atoms with E-state index in [1.54, 1.807) is 24.3 Å². The number of imide groups is 1. The third kappa shape index (κ3) is 3.38. The van der Waals surface area contributed by atoms with E-state index in [9.17, 15) is 18.4 Å². The minimum Gasteiger partial charge on any atom is -0.396 e. The van der Waals surface area contributed by atoms with Crippen LogP contribution < -0.4 is 4.90 Å². The molecule has 134 valence electrons. The van der Waals surface area contributed by atoms with Crippen LogP contribution in [0.25, 0.3) is 5.57 Å². The lowest BCUT2D eigenvalue weighted by Crippen LogP contribution is -2.32. The van der Waals surface area contributed by atoms with Crippen LogP contribution in [0.15, 0.2) is 47.4 Å². The largest absolute Gasteiger partial charge is 0.396 e. The van der Waals surface area contributed by atoms with Crippen molar-refractivity contribution >= 4 is 46.4 Å². The van der Waals surface area contributed by atoms with Gasteiger partial charge in [-0.05, 0) is 29.8 Å². The van der Waals surface area contributed by atoms with Crippen LogP contribution in [0.2, 0.25) is 5.02 Å². The lowest BCUT2D eigenvalue weighted by molar-refractivity contribution is -0.119. The van der Waals surface area contributed by atoms with Crippen LogP contribution in [-0.4, -0.2) is 29.3 Å². The fourth-order valence-electron chi connectivity index (χ4n) is 2.54. The maximum absolute atomic E-state index is 14.1. The zero-order valence-electron chi connectivity index (χ0n) is 13.2. The standard InChI is InChI=1S/C18H12ClF2NO3S/c19-11-3-1-10(2-4-11)15-16(26-8-7-23)18(25)22(17(15)24)14-6-5-12(20)9-13(14)21/h1-6,9,23H,7-8H2. The number of hydrogen-bond acceptors (Lipinski definition) is 4. The Bertz CT molecular complexity index is 915. The Hall–Kier alpha value is -2.22. The van der Waals surface area contributed by atoms with E-state index >= 15 is 0 Å². The molecule has 0 bridgehead atoms. The molecule has 0 radical (unpaired) electrons. The van der Waals surface area contributed by atoms with Crippen LogP contribution in [0.5, 0.6) is 0 Å². The van der Waals surface area contributed by atoms with Crippen molar-refractivity contribution in [1.82, 2.24) is 0 Å². The van der Waals surface area contributed by atoms with Crippen LogP contribution in [0, 0.1) is 11.6 Å². The normalized spacial score (nSPS) is 14.5. The number of thioether (sulfide) groups is 1. The van der Waals surface area contributed by atoms with Crippen molar-refractivity contribution in [1.29, 1.82) is 0 Å². The lowest BCUT2D eigenvalue weighted by atomic mass is 10.1. The van der Waals surface area contributed by atoms with E-state index in [0.717, 1.165) is 23.9 Å². The maximum Gasteiger partial charge on any atom is 0.272 e. The molecule has 2 aromatic carbocycles. The van der Waals surface area contributed by atoms with Crippen LogP contribution >= 0.6 is 23.4 Å². The predicted molar refractivity (Wildman–Crippen MR) is 96.8 cm³/mol. The molecule has 2 amide bonds. The molecule has 1 aliphatic heterocycles. The van der Waals surface area contributed by atoms with Gasteiger partial charge in [0.25, 0.3) is 11.8 Å². The number of benzene rings is 2. The first-order valence-corrected chi connectivity index (χ1v) is 8.88. The molecule has 4 nitrogen and oxygen atoms in total. The quantitative estimate of drug-likeness (QED) is 0.785. The van der Waals surface area contributed by atoms with Crippen LogP contribution in [0.1, 0.15) is 5.56 Å². The Morgan fingerprint density at radius 3 is 2.35 bits per heavy atom. The van der Waals surface area contributed by atoms with E-state index in [4.69, 9.17) is 16.7 Å². The molecule has 0 atom stereocenters. The van der Waals surface area contributed by atoms with Gasteiger partial charge in [0, 0.05) is 16.8 Å². The Morgan fingerprint density at radius 2 is 1.73 bits per heavy atom. The van der Waals surface area contributed by atoms with Crippen molar-refractivity contribution in [3.8, 4) is 0 Å². The lowest BCUT2D eigenvalue weighted by Gasteiger charge is -2.16. The summed E-state index contributed by atoms with van der Waals surface area (Å²) in [6.45, 7) is -0.200. The Balaban J connectivity index is 2.09. The van der Waals surface area contributed by atoms with E-state index < -0.39 is 23.4 Å². The van der Waals surface area contributed by atoms with Gasteiger partial charge in [-0.1, -0.05) is 23.7 Å². The van der Waals surface area contributed by atoms with Gasteiger partial charge >= 0.3 is 0 Å². The smallest absolute Gasteiger partial charge is 0.272 e. The van der Waals surface area contributed by atoms with Gasteiger partial charge in [0.15, 0.2) is 0 Å². The molecule has 2 aromatic rings. The second-order valence-corrected chi connectivity index (χ2v) is 6.87. The minimum absolute atomic E-state index is 0.0915. The summed E-state index contributed by atoms with van der Waals surface area (Å²) in [4.78, 5) is 26.4. The highest BCUT2D eigenvalue weighted by Crippen LogP contribution is 2.39. The molecule has 1 N–H and O–H groups in total. The zero-order valence-corrected chi connectivity index (χ0v) is 14.8. The second-order valence-electron chi connectivity index (χ2n) is 5.32. The number of carbonyl (C=O) groups is 2. The van der Waals surface area contributed by atoms with Gasteiger partial charge in [-0.2, -0.15) is 0 Å². The fraction of sp³-hybridized carbons (Fsp3) is 0.111. The maximum atomic E-state index is 14.1. The van der Waals surface area contributed by atoms with Crippen LogP contribution in [0.3, 0.4) is 0 Å². The highest BCUT2D eigenvalue weighted by Gasteiger charge is 2.41. The molecule has 0 aliphatic carbocycles. The van der Waals surface area contributed by atoms with Gasteiger partial charge in [-0.25, -0.2) is 13.7 Å². The van der Waals surface area contributed by atoms with Gasteiger partial charge in [0.05, 0.1) is 22.8 Å². The average molecular weight is 396 g/mol. The third-order valence-electron chi connectivity index (χ3n) is 3.66. The van der Waals surface area contributed by atoms with E-state index in [1.807, 2.05) is 0 Å². The molecular formula is C18H12ClF2NO3S. The number of rotatable bonds is 5. The first-order chi connectivity index (χ1) is 12.4. The molecule has 0 fully saturated rings. The minimum atomic E-state index is -1.02. The molecule has 0 unspecified atom stereocenters. The molecule has 1 heterocycles. The number of halogens is 3. The predicted octanol–water partition coefficient (Wildman–Crippen LogP) is 3.63. The van der Waals surface area contributed by atoms with E-state index in [2.05, 4.69) is 0 Å². The molecule has 26 heavy (non-hydrogen) atoms. The van der Waals surface area contributed by atoms with Crippen LogP contribution in [0.4, 0.5) is 14.5 Å². The first kappa shape index (κ1) is 18.6. The van der Waals surface area contributed by atoms with Gasteiger partial charge in [-0.3, -0.25) is 9.59 Å². The number of carbonyl (C=O) groups excluding carboxylic acids is 2. The number of nitrogens with zero attached hydrogens (tertiary/aromatic N) is 1. The summed E-state index contributed by atoms with van der Waals surface area (Å²) in [5.74, 6) is -3.08. The van der Waals surface area contributed by atoms with Gasteiger partial charge in [0.2, 0.25) is 0 Å². The first-order valence-electron chi connectivity index (χ1n) is 7.51. The third-order valence-corrected chi connectivity index (χ3v) is 4.97. The second kappa shape index (κ2) is 7.57. The Morgan fingerprint density at radius 1 is 1.04 bits per heavy atom. The molecule has 8 heteroatoms. The van der Waals surface area contributed by atoms with E-state index in [-0.39, 0.29) is 28.5 Å². The Kier molecular flexibility index (Phi) is 5.41. The zero-order chi connectivity index (χ0) is 18.8. The molecule has 0 aromatic heterocycles. The number of aliphatic hydroxyl groups excluding tert-OH is 1. The van der Waals surface area contributed by atoms with Crippen molar-refractivity contribution in [3.63, 3.8) is 0 Å². The molecule has 0 saturated carbocycles. The molecule has 0 saturated heterocycles. The van der Waals surface area contributed by atoms with E-state index in [1.165, 1.54) is 0 Å². The number of aliphatic hydroxyl groups is 1. The summed E-state index contributed by atoms with van der Waals surface area (Å²) in [5, 5.41) is 9.51. The SMILES string of the molecule is O=C1C(SCCO)=C(c2ccc(Cl)cc2)C(=O)N1c1ccc(F)cc1F. The van der Waals surface area contributed by atoms with E-state index in [0.29, 0.717) is 21.6 Å². The van der Waals surface area contributed by atoms with Crippen LogP contribution in [-0.2, 0) is 9.59 Å². The topological polar surface area (TPSA) is 57.6 Å². The number of amides is 2. The number of anilines is 1. The Labute approximate surface area is 157 Å². The van der Waals surface area contributed by atoms with Crippen molar-refractivity contribution in [2.24, 2.45) is 0 Å². The van der Waals surface area contributed by atoms with Crippen molar-refractivity contribution in [3.05, 3.63) is 69.6 Å². The molecule has 3 rings (SSSR count). The molecular weight excluding hydrogens is 384 g/mol. The highest BCUT2D eigenvalue weighted by atomic mass is 35.5. The van der Waals surface area contributed by atoms with Crippen molar-refractivity contribution in [2.45, 2.75) is 0 Å². The van der Waals surface area contributed by atoms with Crippen molar-refractivity contribution in [2.75, 3.05) is 17.3 Å². The van der Waals surface area contributed by atoms with Gasteiger partial charge < -0.3 is 5.11 Å². The van der Waals surface area contributed by atoms with Gasteiger partial charge in [0.1, 0.15) is 11.6 Å². The van der Waals surface area contributed by atoms with Gasteiger partial charge in [-0.15, -0.1) is 11.8 Å². The monoisotopic (exact) mass is 395 g/mol. The van der Waals surface area contributed by atoms with Crippen molar-refractivity contribution < 1.29 is 23.5 Å². The molecule has 1 aliphatic rings. The summed E-state index contributed by atoms with van der Waals surface area (Å²) < 4.78 is 27.3. The fourth-order valence-corrected chi connectivity index (χ4v) is 3.53. The highest BCUT2D eigenvalue weighted by molar-refractivity contribution is 8.04. The average Bonchev–Trinajstić information content (AvgIpc) is 2.85. The summed E-state index contributed by atoms with van der Waals surface area (Å²) in [6, 6.07) is 8.91. The summed E-state index contributed by atoms with van der Waals surface area (Å²) in [5.41, 5.74) is 0.208. The summed E-state index contributed by atoms with van der Waals surface area (Å²) in [7, 11) is 0. The summed E-state index contributed by atoms with van der Waals surface area (Å²) >= 11 is 6.86. The molecule has 0 spiro atoms. The summed E-state index contributed by atoms with van der Waals surface area (Å²) in [6.07, 6.45) is 0. The number of hydrogen-bond donors (Lipinski definition) is 1.